The molecule has 0 saturated heterocycles. The summed E-state index contributed by atoms with van der Waals surface area (Å²) in [6, 6.07) is 0.873. The third kappa shape index (κ3) is 2.70. The number of hydrogen-bond acceptors (Lipinski definition) is 1. The lowest BCUT2D eigenvalue weighted by Crippen LogP contribution is -2.39. The minimum absolute atomic E-state index is 0.873. The van der Waals surface area contributed by atoms with Crippen LogP contribution in [0.4, 0.5) is 0 Å². The predicted octanol–water partition coefficient (Wildman–Crippen LogP) is 3.30. The lowest BCUT2D eigenvalue weighted by atomic mass is 9.94. The van der Waals surface area contributed by atoms with Crippen LogP contribution in [0.5, 0.6) is 0 Å². The molecule has 0 aromatic rings. The van der Waals surface area contributed by atoms with Gasteiger partial charge in [-0.2, -0.15) is 0 Å². The highest BCUT2D eigenvalue weighted by molar-refractivity contribution is 4.81. The fourth-order valence-electron chi connectivity index (χ4n) is 2.92. The van der Waals surface area contributed by atoms with Crippen molar-refractivity contribution in [3.63, 3.8) is 0 Å². The van der Waals surface area contributed by atoms with Crippen LogP contribution >= 0.6 is 0 Å². The molecule has 0 unspecified atom stereocenters. The van der Waals surface area contributed by atoms with Gasteiger partial charge in [0, 0.05) is 6.04 Å². The molecule has 0 aromatic heterocycles. The zero-order chi connectivity index (χ0) is 9.68. The van der Waals surface area contributed by atoms with E-state index in [4.69, 9.17) is 0 Å². The molecule has 0 radical (unpaired) electrons. The van der Waals surface area contributed by atoms with Crippen molar-refractivity contribution in [2.75, 3.05) is 13.1 Å². The largest absolute Gasteiger partial charge is 0.301 e. The van der Waals surface area contributed by atoms with Crippen molar-refractivity contribution in [1.82, 2.24) is 4.90 Å². The molecule has 1 aliphatic rings. The van der Waals surface area contributed by atoms with E-state index in [0.717, 1.165) is 12.0 Å². The van der Waals surface area contributed by atoms with Crippen molar-refractivity contribution in [2.24, 2.45) is 5.92 Å². The fraction of sp³-hybridized carbons (Fsp3) is 1.00. The van der Waals surface area contributed by atoms with E-state index in [0.29, 0.717) is 0 Å². The summed E-state index contributed by atoms with van der Waals surface area (Å²) >= 11 is 0. The van der Waals surface area contributed by atoms with Crippen LogP contribution < -0.4 is 0 Å². The van der Waals surface area contributed by atoms with E-state index in [1.54, 1.807) is 0 Å². The minimum Gasteiger partial charge on any atom is -0.301 e. The lowest BCUT2D eigenvalue weighted by Gasteiger charge is -2.33. The molecule has 0 N–H and O–H groups in total. The zero-order valence-corrected chi connectivity index (χ0v) is 9.55. The van der Waals surface area contributed by atoms with Gasteiger partial charge in [-0.3, -0.25) is 0 Å². The van der Waals surface area contributed by atoms with Crippen molar-refractivity contribution < 1.29 is 0 Å². The van der Waals surface area contributed by atoms with Gasteiger partial charge in [0.25, 0.3) is 0 Å². The van der Waals surface area contributed by atoms with Gasteiger partial charge in [0.05, 0.1) is 0 Å². The van der Waals surface area contributed by atoms with E-state index in [-0.39, 0.29) is 0 Å². The third-order valence-electron chi connectivity index (χ3n) is 3.64. The predicted molar refractivity (Wildman–Crippen MR) is 59.0 cm³/mol. The van der Waals surface area contributed by atoms with Gasteiger partial charge in [-0.05, 0) is 38.3 Å². The molecule has 1 saturated carbocycles. The SMILES string of the molecule is CC[C@@H](C1CCCC1)N(CC)CC. The number of hydrogen-bond donors (Lipinski definition) is 0. The quantitative estimate of drug-likeness (QED) is 0.632. The van der Waals surface area contributed by atoms with E-state index in [2.05, 4.69) is 25.7 Å². The van der Waals surface area contributed by atoms with Gasteiger partial charge < -0.3 is 4.90 Å². The van der Waals surface area contributed by atoms with Crippen molar-refractivity contribution in [3.8, 4) is 0 Å². The number of nitrogens with zero attached hydrogens (tertiary/aromatic N) is 1. The average Bonchev–Trinajstić information content (AvgIpc) is 2.66. The van der Waals surface area contributed by atoms with Crippen molar-refractivity contribution in [2.45, 2.75) is 58.9 Å². The Labute approximate surface area is 83.5 Å². The van der Waals surface area contributed by atoms with Gasteiger partial charge in [-0.1, -0.05) is 33.6 Å². The molecule has 1 fully saturated rings. The van der Waals surface area contributed by atoms with Gasteiger partial charge in [-0.15, -0.1) is 0 Å². The Morgan fingerprint density at radius 3 is 2.00 bits per heavy atom. The molecule has 0 heterocycles. The van der Waals surface area contributed by atoms with E-state index in [9.17, 15) is 0 Å². The second-order valence-corrected chi connectivity index (χ2v) is 4.24. The highest BCUT2D eigenvalue weighted by Gasteiger charge is 2.26. The Bertz CT molecular complexity index is 121. The molecule has 1 atom stereocenters. The molecular weight excluding hydrogens is 158 g/mol. The second-order valence-electron chi connectivity index (χ2n) is 4.24. The summed E-state index contributed by atoms with van der Waals surface area (Å²) in [5, 5.41) is 0. The van der Waals surface area contributed by atoms with Crippen molar-refractivity contribution >= 4 is 0 Å². The van der Waals surface area contributed by atoms with Crippen LogP contribution in [-0.2, 0) is 0 Å². The molecule has 1 nitrogen and oxygen atoms in total. The first kappa shape index (κ1) is 11.0. The molecule has 78 valence electrons. The molecule has 0 aromatic carbocycles. The van der Waals surface area contributed by atoms with Gasteiger partial charge in [0.1, 0.15) is 0 Å². The van der Waals surface area contributed by atoms with E-state index < -0.39 is 0 Å². The van der Waals surface area contributed by atoms with Crippen molar-refractivity contribution in [3.05, 3.63) is 0 Å². The topological polar surface area (TPSA) is 3.24 Å². The van der Waals surface area contributed by atoms with Crippen LogP contribution in [0.2, 0.25) is 0 Å². The zero-order valence-electron chi connectivity index (χ0n) is 9.55. The summed E-state index contributed by atoms with van der Waals surface area (Å²) in [5.41, 5.74) is 0. The summed E-state index contributed by atoms with van der Waals surface area (Å²) in [7, 11) is 0. The Hall–Kier alpha value is -0.0400. The summed E-state index contributed by atoms with van der Waals surface area (Å²) in [5.74, 6) is 1.00. The summed E-state index contributed by atoms with van der Waals surface area (Å²) in [6.45, 7) is 9.39. The Morgan fingerprint density at radius 1 is 1.08 bits per heavy atom. The lowest BCUT2D eigenvalue weighted by molar-refractivity contribution is 0.151. The molecule has 0 amide bonds. The molecule has 1 aliphatic carbocycles. The summed E-state index contributed by atoms with van der Waals surface area (Å²) < 4.78 is 0. The second kappa shape index (κ2) is 5.64. The fourth-order valence-corrected chi connectivity index (χ4v) is 2.92. The Kier molecular flexibility index (Phi) is 4.79. The normalized spacial score (nSPS) is 21.2. The summed E-state index contributed by atoms with van der Waals surface area (Å²) in [4.78, 5) is 2.65. The standard InChI is InChI=1S/C12H25N/c1-4-12(13(5-2)6-3)11-9-7-8-10-11/h11-12H,4-10H2,1-3H3/t12-/m0/s1. The van der Waals surface area contributed by atoms with Gasteiger partial charge in [0.2, 0.25) is 0 Å². The first-order valence-corrected chi connectivity index (χ1v) is 6.07. The summed E-state index contributed by atoms with van der Waals surface area (Å²) in [6.07, 6.45) is 7.25. The average molecular weight is 183 g/mol. The van der Waals surface area contributed by atoms with Crippen LogP contribution in [0.15, 0.2) is 0 Å². The van der Waals surface area contributed by atoms with E-state index >= 15 is 0 Å². The van der Waals surface area contributed by atoms with Crippen LogP contribution in [0.25, 0.3) is 0 Å². The molecule has 1 heteroatoms. The maximum Gasteiger partial charge on any atom is 0.0121 e. The molecule has 0 bridgehead atoms. The highest BCUT2D eigenvalue weighted by atomic mass is 15.1. The smallest absolute Gasteiger partial charge is 0.0121 e. The molecular formula is C12H25N. The maximum atomic E-state index is 2.65. The highest BCUT2D eigenvalue weighted by Crippen LogP contribution is 2.31. The Balaban J connectivity index is 2.48. The first-order valence-electron chi connectivity index (χ1n) is 6.07. The minimum atomic E-state index is 0.873. The van der Waals surface area contributed by atoms with Crippen LogP contribution in [0.1, 0.15) is 52.9 Å². The third-order valence-corrected chi connectivity index (χ3v) is 3.64. The van der Waals surface area contributed by atoms with E-state index in [1.807, 2.05) is 0 Å². The van der Waals surface area contributed by atoms with Crippen LogP contribution in [-0.4, -0.2) is 24.0 Å². The first-order chi connectivity index (χ1) is 6.33. The molecule has 1 rings (SSSR count). The van der Waals surface area contributed by atoms with Crippen LogP contribution in [0, 0.1) is 5.92 Å². The van der Waals surface area contributed by atoms with Gasteiger partial charge in [0.15, 0.2) is 0 Å². The van der Waals surface area contributed by atoms with Gasteiger partial charge >= 0.3 is 0 Å². The number of rotatable bonds is 5. The maximum absolute atomic E-state index is 2.65. The van der Waals surface area contributed by atoms with Crippen LogP contribution in [0.3, 0.4) is 0 Å². The molecule has 0 spiro atoms. The van der Waals surface area contributed by atoms with Crippen molar-refractivity contribution in [1.29, 1.82) is 0 Å². The van der Waals surface area contributed by atoms with Gasteiger partial charge in [-0.25, -0.2) is 0 Å². The van der Waals surface area contributed by atoms with E-state index in [1.165, 1.54) is 45.2 Å². The Morgan fingerprint density at radius 2 is 1.62 bits per heavy atom. The monoisotopic (exact) mass is 183 g/mol. The molecule has 13 heavy (non-hydrogen) atoms. The molecule has 0 aliphatic heterocycles.